The van der Waals surface area contributed by atoms with Crippen LogP contribution in [0.25, 0.3) is 11.5 Å². The molecule has 0 spiro atoms. The third-order valence-corrected chi connectivity index (χ3v) is 6.63. The van der Waals surface area contributed by atoms with Gasteiger partial charge in [0.15, 0.2) is 0 Å². The van der Waals surface area contributed by atoms with Crippen LogP contribution in [0.2, 0.25) is 0 Å². The average Bonchev–Trinajstić information content (AvgIpc) is 3.28. The van der Waals surface area contributed by atoms with Gasteiger partial charge in [-0.3, -0.25) is 4.79 Å². The normalized spacial score (nSPS) is 17.0. The number of primary amides is 1. The number of benzene rings is 3. The summed E-state index contributed by atoms with van der Waals surface area (Å²) in [6.45, 7) is 2.44. The number of amides is 1. The van der Waals surface area contributed by atoms with E-state index in [1.54, 1.807) is 18.2 Å². The lowest BCUT2D eigenvalue weighted by Crippen LogP contribution is -2.34. The van der Waals surface area contributed by atoms with Crippen LogP contribution in [0.15, 0.2) is 65.1 Å². The van der Waals surface area contributed by atoms with Crippen molar-refractivity contribution in [2.45, 2.75) is 31.6 Å². The maximum atomic E-state index is 13.4. The molecule has 0 saturated carbocycles. The SMILES string of the molecule is Cc1ccc2c(c1)CCc1cc(C(N)=O)ccc1C2(CCN)c1nnc(-c2ccc(F)cc2)o1. The van der Waals surface area contributed by atoms with Crippen LogP contribution < -0.4 is 11.5 Å². The summed E-state index contributed by atoms with van der Waals surface area (Å²) in [6, 6.07) is 17.8. The molecule has 5 rings (SSSR count). The zero-order chi connectivity index (χ0) is 23.9. The molecule has 3 aromatic carbocycles. The average molecular weight is 457 g/mol. The van der Waals surface area contributed by atoms with Gasteiger partial charge in [-0.2, -0.15) is 0 Å². The van der Waals surface area contributed by atoms with E-state index < -0.39 is 11.3 Å². The number of carbonyl (C=O) groups excluding carboxylic acids is 1. The van der Waals surface area contributed by atoms with Crippen LogP contribution in [0, 0.1) is 12.7 Å². The Balaban J connectivity index is 1.78. The summed E-state index contributed by atoms with van der Waals surface area (Å²) in [7, 11) is 0. The lowest BCUT2D eigenvalue weighted by molar-refractivity contribution is 0.1000. The van der Waals surface area contributed by atoms with Gasteiger partial charge in [-0.1, -0.05) is 29.8 Å². The van der Waals surface area contributed by atoms with Crippen LogP contribution in [0.1, 0.15) is 50.5 Å². The molecule has 6 nitrogen and oxygen atoms in total. The lowest BCUT2D eigenvalue weighted by atomic mass is 9.69. The van der Waals surface area contributed by atoms with Gasteiger partial charge in [-0.15, -0.1) is 10.2 Å². The van der Waals surface area contributed by atoms with Crippen LogP contribution >= 0.6 is 0 Å². The van der Waals surface area contributed by atoms with Crippen molar-refractivity contribution in [2.24, 2.45) is 11.5 Å². The highest BCUT2D eigenvalue weighted by atomic mass is 19.1. The van der Waals surface area contributed by atoms with Crippen molar-refractivity contribution in [3.05, 3.63) is 106 Å². The highest BCUT2D eigenvalue weighted by Crippen LogP contribution is 2.47. The molecule has 4 N–H and O–H groups in total. The second-order valence-electron chi connectivity index (χ2n) is 8.76. The summed E-state index contributed by atoms with van der Waals surface area (Å²) in [5.74, 6) is -0.0893. The number of hydrogen-bond donors (Lipinski definition) is 2. The summed E-state index contributed by atoms with van der Waals surface area (Å²) in [6.07, 6.45) is 2.05. The summed E-state index contributed by atoms with van der Waals surface area (Å²) < 4.78 is 19.7. The molecule has 0 fully saturated rings. The second-order valence-corrected chi connectivity index (χ2v) is 8.76. The van der Waals surface area contributed by atoms with Crippen LogP contribution in [0.5, 0.6) is 0 Å². The zero-order valence-electron chi connectivity index (χ0n) is 18.8. The Labute approximate surface area is 196 Å². The largest absolute Gasteiger partial charge is 0.419 e. The molecule has 172 valence electrons. The molecular formula is C27H25FN4O2. The number of carbonyl (C=O) groups is 1. The molecular weight excluding hydrogens is 431 g/mol. The van der Waals surface area contributed by atoms with Gasteiger partial charge in [0.25, 0.3) is 0 Å². The Morgan fingerprint density at radius 3 is 2.35 bits per heavy atom. The third-order valence-electron chi connectivity index (χ3n) is 6.63. The van der Waals surface area contributed by atoms with Gasteiger partial charge >= 0.3 is 0 Å². The molecule has 1 atom stereocenters. The maximum Gasteiger partial charge on any atom is 0.248 e. The highest BCUT2D eigenvalue weighted by Gasteiger charge is 2.45. The fourth-order valence-electron chi connectivity index (χ4n) is 5.06. The van der Waals surface area contributed by atoms with Crippen LogP contribution in [0.3, 0.4) is 0 Å². The minimum atomic E-state index is -0.801. The molecule has 1 aliphatic rings. The molecule has 1 aliphatic carbocycles. The number of fused-ring (bicyclic) bond motifs is 2. The minimum absolute atomic E-state index is 0.305. The van der Waals surface area contributed by atoms with Crippen molar-refractivity contribution in [1.29, 1.82) is 0 Å². The molecule has 4 aromatic rings. The summed E-state index contributed by atoms with van der Waals surface area (Å²) in [4.78, 5) is 11.9. The molecule has 1 aromatic heterocycles. The fraction of sp³-hybridized carbons (Fsp3) is 0.222. The lowest BCUT2D eigenvalue weighted by Gasteiger charge is -2.33. The van der Waals surface area contributed by atoms with Crippen molar-refractivity contribution >= 4 is 5.91 Å². The topological polar surface area (TPSA) is 108 Å². The maximum absolute atomic E-state index is 13.4. The highest BCUT2D eigenvalue weighted by molar-refractivity contribution is 5.93. The van der Waals surface area contributed by atoms with Crippen LogP contribution in [-0.2, 0) is 18.3 Å². The number of halogens is 1. The Hall–Kier alpha value is -3.84. The fourth-order valence-corrected chi connectivity index (χ4v) is 5.06. The van der Waals surface area contributed by atoms with Crippen molar-refractivity contribution in [3.63, 3.8) is 0 Å². The number of aromatic nitrogens is 2. The number of aryl methyl sites for hydroxylation is 3. The Morgan fingerprint density at radius 1 is 1.00 bits per heavy atom. The Bertz CT molecular complexity index is 1380. The standard InChI is InChI=1S/C27H25FN4O2/c1-16-2-10-22-18(14-16)3-4-19-15-20(24(30)33)7-11-23(19)27(22,12-13-29)26-32-31-25(34-26)17-5-8-21(28)9-6-17/h2,5-11,14-15H,3-4,12-13,29H2,1H3,(H2,30,33). The smallest absolute Gasteiger partial charge is 0.248 e. The predicted molar refractivity (Wildman–Crippen MR) is 127 cm³/mol. The van der Waals surface area contributed by atoms with Crippen molar-refractivity contribution in [2.75, 3.05) is 6.54 Å². The first-order valence-electron chi connectivity index (χ1n) is 11.3. The molecule has 0 aliphatic heterocycles. The van der Waals surface area contributed by atoms with E-state index >= 15 is 0 Å². The van der Waals surface area contributed by atoms with E-state index in [2.05, 4.69) is 35.3 Å². The van der Waals surface area contributed by atoms with Crippen LogP contribution in [0.4, 0.5) is 4.39 Å². The summed E-state index contributed by atoms with van der Waals surface area (Å²) >= 11 is 0. The van der Waals surface area contributed by atoms with Gasteiger partial charge in [0.2, 0.25) is 17.7 Å². The minimum Gasteiger partial charge on any atom is -0.419 e. The summed E-state index contributed by atoms with van der Waals surface area (Å²) in [5.41, 5.74) is 17.4. The molecule has 0 saturated heterocycles. The van der Waals surface area contributed by atoms with E-state index in [0.29, 0.717) is 35.9 Å². The van der Waals surface area contributed by atoms with Gasteiger partial charge in [-0.25, -0.2) is 4.39 Å². The van der Waals surface area contributed by atoms with Crippen LogP contribution in [-0.4, -0.2) is 22.6 Å². The van der Waals surface area contributed by atoms with Gasteiger partial charge in [-0.05, 0) is 91.4 Å². The summed E-state index contributed by atoms with van der Waals surface area (Å²) in [5, 5.41) is 8.80. The van der Waals surface area contributed by atoms with Crippen molar-refractivity contribution in [3.8, 4) is 11.5 Å². The van der Waals surface area contributed by atoms with Gasteiger partial charge in [0.1, 0.15) is 11.2 Å². The van der Waals surface area contributed by atoms with E-state index in [1.807, 2.05) is 12.1 Å². The number of hydrogen-bond acceptors (Lipinski definition) is 5. The van der Waals surface area contributed by atoms with Gasteiger partial charge in [0.05, 0.1) is 0 Å². The van der Waals surface area contributed by atoms with Crippen molar-refractivity contribution < 1.29 is 13.6 Å². The third kappa shape index (κ3) is 3.58. The quantitative estimate of drug-likeness (QED) is 0.471. The first-order valence-corrected chi connectivity index (χ1v) is 11.3. The predicted octanol–water partition coefficient (Wildman–Crippen LogP) is 4.06. The molecule has 1 amide bonds. The van der Waals surface area contributed by atoms with Crippen molar-refractivity contribution in [1.82, 2.24) is 10.2 Å². The van der Waals surface area contributed by atoms with Gasteiger partial charge < -0.3 is 15.9 Å². The molecule has 1 unspecified atom stereocenters. The van der Waals surface area contributed by atoms with E-state index in [4.69, 9.17) is 15.9 Å². The number of rotatable bonds is 5. The zero-order valence-corrected chi connectivity index (χ0v) is 18.8. The number of nitrogens with zero attached hydrogens (tertiary/aromatic N) is 2. The first kappa shape index (κ1) is 22.0. The molecule has 0 bridgehead atoms. The first-order chi connectivity index (χ1) is 16.4. The van der Waals surface area contributed by atoms with E-state index in [0.717, 1.165) is 35.1 Å². The monoisotopic (exact) mass is 456 g/mol. The molecule has 1 heterocycles. The van der Waals surface area contributed by atoms with Gasteiger partial charge in [0, 0.05) is 11.1 Å². The number of nitrogens with two attached hydrogens (primary N) is 2. The Kier molecular flexibility index (Phi) is 5.49. The van der Waals surface area contributed by atoms with E-state index in [1.165, 1.54) is 17.7 Å². The van der Waals surface area contributed by atoms with E-state index in [9.17, 15) is 9.18 Å². The molecule has 0 radical (unpaired) electrons. The van der Waals surface area contributed by atoms with E-state index in [-0.39, 0.29) is 5.82 Å². The molecule has 34 heavy (non-hydrogen) atoms. The second kappa shape index (κ2) is 8.50. The molecule has 7 heteroatoms. The Morgan fingerprint density at radius 2 is 1.68 bits per heavy atom.